The van der Waals surface area contributed by atoms with E-state index in [0.29, 0.717) is 11.5 Å². The fourth-order valence-electron chi connectivity index (χ4n) is 2.99. The molecule has 2 aromatic heterocycles. The van der Waals surface area contributed by atoms with Crippen LogP contribution in [-0.4, -0.2) is 21.0 Å². The summed E-state index contributed by atoms with van der Waals surface area (Å²) in [7, 11) is 1.95. The summed E-state index contributed by atoms with van der Waals surface area (Å²) < 4.78 is 1.95. The molecule has 3 aromatic rings. The second kappa shape index (κ2) is 6.71. The molecule has 0 aliphatic carbocycles. The van der Waals surface area contributed by atoms with Crippen LogP contribution in [0, 0.1) is 5.92 Å². The molecular weight excluding hydrogens is 310 g/mol. The largest absolute Gasteiger partial charge is 0.347 e. The molecule has 0 aliphatic heterocycles. The van der Waals surface area contributed by atoms with Crippen molar-refractivity contribution < 1.29 is 4.79 Å². The number of aryl methyl sites for hydroxylation is 1. The number of nitrogens with zero attached hydrogens (tertiary/aromatic N) is 2. The number of pyridine rings is 1. The SMILES string of the molecule is CC(Cc1ccccc1)C(C)(C)NC(=O)c1cnc2c(ccn2C)c1. The van der Waals surface area contributed by atoms with E-state index in [2.05, 4.69) is 43.2 Å². The fraction of sp³-hybridized carbons (Fsp3) is 0.333. The van der Waals surface area contributed by atoms with Crippen molar-refractivity contribution in [2.45, 2.75) is 32.7 Å². The Balaban J connectivity index is 1.73. The second-order valence-electron chi connectivity index (χ2n) is 7.33. The molecule has 0 radical (unpaired) electrons. The van der Waals surface area contributed by atoms with Gasteiger partial charge in [0.25, 0.3) is 5.91 Å². The molecule has 130 valence electrons. The van der Waals surface area contributed by atoms with Crippen LogP contribution in [0.3, 0.4) is 0 Å². The summed E-state index contributed by atoms with van der Waals surface area (Å²) in [4.78, 5) is 17.1. The maximum atomic E-state index is 12.7. The first-order valence-corrected chi connectivity index (χ1v) is 8.64. The van der Waals surface area contributed by atoms with Gasteiger partial charge in [-0.25, -0.2) is 4.98 Å². The number of amides is 1. The van der Waals surface area contributed by atoms with E-state index < -0.39 is 0 Å². The van der Waals surface area contributed by atoms with Crippen LogP contribution < -0.4 is 5.32 Å². The Morgan fingerprint density at radius 2 is 1.96 bits per heavy atom. The lowest BCUT2D eigenvalue weighted by atomic mass is 9.84. The van der Waals surface area contributed by atoms with Gasteiger partial charge in [-0.2, -0.15) is 0 Å². The highest BCUT2D eigenvalue weighted by molar-refractivity contribution is 5.97. The molecule has 1 amide bonds. The highest BCUT2D eigenvalue weighted by Crippen LogP contribution is 2.22. The number of aromatic nitrogens is 2. The molecule has 0 aliphatic rings. The number of rotatable bonds is 5. The Hall–Kier alpha value is -2.62. The number of benzene rings is 1. The maximum Gasteiger partial charge on any atom is 0.253 e. The van der Waals surface area contributed by atoms with E-state index in [9.17, 15) is 4.79 Å². The van der Waals surface area contributed by atoms with Gasteiger partial charge in [-0.1, -0.05) is 37.3 Å². The van der Waals surface area contributed by atoms with Gasteiger partial charge >= 0.3 is 0 Å². The van der Waals surface area contributed by atoms with Gasteiger partial charge in [0.1, 0.15) is 5.65 Å². The summed E-state index contributed by atoms with van der Waals surface area (Å²) in [5, 5.41) is 4.16. The van der Waals surface area contributed by atoms with E-state index in [4.69, 9.17) is 0 Å². The highest BCUT2D eigenvalue weighted by Gasteiger charge is 2.28. The van der Waals surface area contributed by atoms with E-state index in [1.165, 1.54) is 5.56 Å². The molecule has 1 unspecified atom stereocenters. The van der Waals surface area contributed by atoms with Crippen molar-refractivity contribution in [1.82, 2.24) is 14.9 Å². The molecule has 3 rings (SSSR count). The van der Waals surface area contributed by atoms with Gasteiger partial charge in [0.15, 0.2) is 0 Å². The smallest absolute Gasteiger partial charge is 0.253 e. The fourth-order valence-corrected chi connectivity index (χ4v) is 2.99. The summed E-state index contributed by atoms with van der Waals surface area (Å²) in [6.45, 7) is 6.33. The summed E-state index contributed by atoms with van der Waals surface area (Å²) in [5.74, 6) is 0.218. The number of hydrogen-bond donors (Lipinski definition) is 1. The van der Waals surface area contributed by atoms with Gasteiger partial charge < -0.3 is 9.88 Å². The molecule has 4 heteroatoms. The Morgan fingerprint density at radius 3 is 2.68 bits per heavy atom. The maximum absolute atomic E-state index is 12.7. The topological polar surface area (TPSA) is 46.9 Å². The molecular formula is C21H25N3O. The number of carbonyl (C=O) groups is 1. The molecule has 1 atom stereocenters. The van der Waals surface area contributed by atoms with Crippen molar-refractivity contribution in [3.8, 4) is 0 Å². The second-order valence-corrected chi connectivity index (χ2v) is 7.33. The first-order valence-electron chi connectivity index (χ1n) is 8.64. The zero-order chi connectivity index (χ0) is 18.0. The van der Waals surface area contributed by atoms with Gasteiger partial charge in [0.05, 0.1) is 5.56 Å². The number of nitrogens with one attached hydrogen (secondary N) is 1. The lowest BCUT2D eigenvalue weighted by molar-refractivity contribution is 0.0885. The van der Waals surface area contributed by atoms with Crippen LogP contribution >= 0.6 is 0 Å². The van der Waals surface area contributed by atoms with Crippen LogP contribution in [0.1, 0.15) is 36.7 Å². The van der Waals surface area contributed by atoms with Gasteiger partial charge in [0, 0.05) is 30.4 Å². The van der Waals surface area contributed by atoms with Crippen LogP contribution in [0.15, 0.2) is 54.9 Å². The first kappa shape index (κ1) is 17.2. The van der Waals surface area contributed by atoms with Crippen molar-refractivity contribution in [2.75, 3.05) is 0 Å². The molecule has 1 N–H and O–H groups in total. The van der Waals surface area contributed by atoms with Crippen LogP contribution in [-0.2, 0) is 13.5 Å². The summed E-state index contributed by atoms with van der Waals surface area (Å²) in [6, 6.07) is 14.2. The van der Waals surface area contributed by atoms with Crippen LogP contribution in [0.2, 0.25) is 0 Å². The van der Waals surface area contributed by atoms with Crippen molar-refractivity contribution in [3.05, 3.63) is 66.0 Å². The van der Waals surface area contributed by atoms with E-state index >= 15 is 0 Å². The molecule has 0 bridgehead atoms. The predicted molar refractivity (Wildman–Crippen MR) is 102 cm³/mol. The van der Waals surface area contributed by atoms with E-state index in [-0.39, 0.29) is 11.4 Å². The molecule has 1 aromatic carbocycles. The standard InChI is InChI=1S/C21H25N3O/c1-15(12-16-8-6-5-7-9-16)21(2,3)23-20(25)18-13-17-10-11-24(4)19(17)22-14-18/h5-11,13-15H,12H2,1-4H3,(H,23,25). The van der Waals surface area contributed by atoms with Gasteiger partial charge in [-0.15, -0.1) is 0 Å². The Bertz CT molecular complexity index is 881. The monoisotopic (exact) mass is 335 g/mol. The van der Waals surface area contributed by atoms with Gasteiger partial charge in [-0.3, -0.25) is 4.79 Å². The van der Waals surface area contributed by atoms with Crippen molar-refractivity contribution in [1.29, 1.82) is 0 Å². The quantitative estimate of drug-likeness (QED) is 0.767. The average molecular weight is 335 g/mol. The van der Waals surface area contributed by atoms with E-state index in [1.807, 2.05) is 48.1 Å². The van der Waals surface area contributed by atoms with Crippen molar-refractivity contribution >= 4 is 16.9 Å². The van der Waals surface area contributed by atoms with Crippen molar-refractivity contribution in [2.24, 2.45) is 13.0 Å². The summed E-state index contributed by atoms with van der Waals surface area (Å²) in [6.07, 6.45) is 4.52. The predicted octanol–water partition coefficient (Wildman–Crippen LogP) is 3.96. The van der Waals surface area contributed by atoms with Crippen LogP contribution in [0.4, 0.5) is 0 Å². The molecule has 4 nitrogen and oxygen atoms in total. The molecule has 0 saturated heterocycles. The Kier molecular flexibility index (Phi) is 4.62. The lowest BCUT2D eigenvalue weighted by Crippen LogP contribution is -2.48. The van der Waals surface area contributed by atoms with Gasteiger partial charge in [0.2, 0.25) is 0 Å². The Morgan fingerprint density at radius 1 is 1.24 bits per heavy atom. The Labute approximate surface area is 148 Å². The molecule has 0 saturated carbocycles. The third-order valence-electron chi connectivity index (χ3n) is 5.02. The molecule has 2 heterocycles. The minimum absolute atomic E-state index is 0.0804. The van der Waals surface area contributed by atoms with E-state index in [1.54, 1.807) is 6.20 Å². The minimum atomic E-state index is -0.321. The first-order chi connectivity index (χ1) is 11.9. The number of hydrogen-bond acceptors (Lipinski definition) is 2. The molecule has 25 heavy (non-hydrogen) atoms. The lowest BCUT2D eigenvalue weighted by Gasteiger charge is -2.33. The molecule has 0 spiro atoms. The zero-order valence-electron chi connectivity index (χ0n) is 15.3. The van der Waals surface area contributed by atoms with Crippen LogP contribution in [0.25, 0.3) is 11.0 Å². The summed E-state index contributed by atoms with van der Waals surface area (Å²) >= 11 is 0. The molecule has 0 fully saturated rings. The van der Waals surface area contributed by atoms with Crippen LogP contribution in [0.5, 0.6) is 0 Å². The minimum Gasteiger partial charge on any atom is -0.347 e. The third kappa shape index (κ3) is 3.73. The summed E-state index contributed by atoms with van der Waals surface area (Å²) in [5.41, 5.74) is 2.44. The highest BCUT2D eigenvalue weighted by atomic mass is 16.1. The van der Waals surface area contributed by atoms with Crippen molar-refractivity contribution in [3.63, 3.8) is 0 Å². The van der Waals surface area contributed by atoms with E-state index in [0.717, 1.165) is 17.5 Å². The number of fused-ring (bicyclic) bond motifs is 1. The zero-order valence-corrected chi connectivity index (χ0v) is 15.3. The third-order valence-corrected chi connectivity index (χ3v) is 5.02. The normalized spacial score (nSPS) is 13.0. The number of carbonyl (C=O) groups excluding carboxylic acids is 1. The average Bonchev–Trinajstić information content (AvgIpc) is 2.96. The van der Waals surface area contributed by atoms with Gasteiger partial charge in [-0.05, 0) is 43.9 Å².